The molecule has 31 heavy (non-hydrogen) atoms. The van der Waals surface area contributed by atoms with Crippen molar-refractivity contribution >= 4 is 23.2 Å². The minimum atomic E-state index is -2.59. The standard InChI is InChI=1S/C25H24ClN3O2/c1-31-24-5-2-15(14-23(24)26)16-11-20-19-4-3-18(29-8-6-28-7-9-29)10-17(19)13-21(20)22(12-16)25(27)30/h2-5,10-12,14,28H,6-9,13H2,1H3,(H2,27,30)/i1D3. The number of hydrogen-bond donors (Lipinski definition) is 2. The molecule has 1 amide bonds. The van der Waals surface area contributed by atoms with Crippen molar-refractivity contribution in [1.29, 1.82) is 0 Å². The van der Waals surface area contributed by atoms with Crippen LogP contribution >= 0.6 is 11.6 Å². The Morgan fingerprint density at radius 3 is 2.68 bits per heavy atom. The minimum absolute atomic E-state index is 0.0764. The zero-order valence-electron chi connectivity index (χ0n) is 19.9. The van der Waals surface area contributed by atoms with Crippen molar-refractivity contribution < 1.29 is 13.6 Å². The summed E-state index contributed by atoms with van der Waals surface area (Å²) in [4.78, 5) is 14.8. The van der Waals surface area contributed by atoms with E-state index in [1.165, 1.54) is 17.3 Å². The number of anilines is 1. The Labute approximate surface area is 191 Å². The molecule has 1 saturated heterocycles. The lowest BCUT2D eigenvalue weighted by atomic mass is 9.94. The second-order valence-corrected chi connectivity index (χ2v) is 8.32. The van der Waals surface area contributed by atoms with Gasteiger partial charge in [0.15, 0.2) is 0 Å². The SMILES string of the molecule is [2H]C([2H])([2H])Oc1ccc(-c2cc(C(N)=O)c3c(c2)-c2ccc(N4CCNCC4)cc2C3)cc1Cl. The Balaban J connectivity index is 1.54. The van der Waals surface area contributed by atoms with E-state index in [0.29, 0.717) is 12.0 Å². The number of rotatable bonds is 4. The summed E-state index contributed by atoms with van der Waals surface area (Å²) in [6.07, 6.45) is 0.648. The van der Waals surface area contributed by atoms with Crippen LogP contribution in [0.2, 0.25) is 5.02 Å². The Morgan fingerprint density at radius 1 is 1.10 bits per heavy atom. The van der Waals surface area contributed by atoms with Gasteiger partial charge in [0.2, 0.25) is 5.91 Å². The molecule has 0 atom stereocenters. The fourth-order valence-electron chi connectivity index (χ4n) is 4.55. The number of halogens is 1. The van der Waals surface area contributed by atoms with Gasteiger partial charge in [0.05, 0.1) is 16.2 Å². The molecule has 0 aromatic heterocycles. The van der Waals surface area contributed by atoms with Gasteiger partial charge in [-0.2, -0.15) is 0 Å². The Morgan fingerprint density at radius 2 is 1.94 bits per heavy atom. The van der Waals surface area contributed by atoms with E-state index in [2.05, 4.69) is 28.4 Å². The van der Waals surface area contributed by atoms with Crippen LogP contribution in [-0.4, -0.2) is 39.1 Å². The highest BCUT2D eigenvalue weighted by molar-refractivity contribution is 6.32. The van der Waals surface area contributed by atoms with Gasteiger partial charge in [0.1, 0.15) is 5.75 Å². The fraction of sp³-hybridized carbons (Fsp3) is 0.240. The van der Waals surface area contributed by atoms with Gasteiger partial charge in [-0.1, -0.05) is 23.7 Å². The van der Waals surface area contributed by atoms with Crippen molar-refractivity contribution in [1.82, 2.24) is 5.32 Å². The molecule has 0 bridgehead atoms. The number of ether oxygens (including phenoxy) is 1. The van der Waals surface area contributed by atoms with Gasteiger partial charge in [0, 0.05) is 37.4 Å². The Bertz CT molecular complexity index is 1290. The lowest BCUT2D eigenvalue weighted by molar-refractivity contribution is 0.0999. The smallest absolute Gasteiger partial charge is 0.249 e. The van der Waals surface area contributed by atoms with E-state index in [0.717, 1.165) is 54.0 Å². The highest BCUT2D eigenvalue weighted by Crippen LogP contribution is 2.43. The summed E-state index contributed by atoms with van der Waals surface area (Å²) in [5, 5.41) is 3.55. The van der Waals surface area contributed by atoms with Crippen molar-refractivity contribution in [3.8, 4) is 28.0 Å². The molecule has 0 saturated carbocycles. The largest absolute Gasteiger partial charge is 0.495 e. The van der Waals surface area contributed by atoms with E-state index in [1.54, 1.807) is 18.2 Å². The molecule has 3 N–H and O–H groups in total. The van der Waals surface area contributed by atoms with Crippen LogP contribution in [0.25, 0.3) is 22.3 Å². The summed E-state index contributed by atoms with van der Waals surface area (Å²) in [5.41, 5.74) is 13.1. The maximum Gasteiger partial charge on any atom is 0.249 e. The average Bonchev–Trinajstić information content (AvgIpc) is 3.17. The first-order valence-electron chi connectivity index (χ1n) is 11.7. The molecule has 1 heterocycles. The molecule has 3 aromatic rings. The van der Waals surface area contributed by atoms with Crippen LogP contribution < -0.4 is 20.7 Å². The van der Waals surface area contributed by atoms with Crippen molar-refractivity contribution in [2.24, 2.45) is 5.73 Å². The van der Waals surface area contributed by atoms with Crippen LogP contribution in [0.3, 0.4) is 0 Å². The molecule has 0 unspecified atom stereocenters. The number of primary amides is 1. The summed E-state index contributed by atoms with van der Waals surface area (Å²) in [5.74, 6) is -0.408. The van der Waals surface area contributed by atoms with Gasteiger partial charge >= 0.3 is 0 Å². The predicted molar refractivity (Wildman–Crippen MR) is 125 cm³/mol. The maximum absolute atomic E-state index is 12.4. The minimum Gasteiger partial charge on any atom is -0.495 e. The van der Waals surface area contributed by atoms with E-state index >= 15 is 0 Å². The second-order valence-electron chi connectivity index (χ2n) is 7.92. The molecular weight excluding hydrogens is 410 g/mol. The van der Waals surface area contributed by atoms with E-state index in [-0.39, 0.29) is 10.8 Å². The van der Waals surface area contributed by atoms with E-state index in [1.807, 2.05) is 6.07 Å². The first-order valence-corrected chi connectivity index (χ1v) is 10.6. The van der Waals surface area contributed by atoms with Crippen LogP contribution in [0.1, 0.15) is 25.6 Å². The number of nitrogens with one attached hydrogen (secondary N) is 1. The molecule has 6 heteroatoms. The number of nitrogens with zero attached hydrogens (tertiary/aromatic N) is 1. The summed E-state index contributed by atoms with van der Waals surface area (Å²) in [6.45, 7) is 3.85. The quantitative estimate of drug-likeness (QED) is 0.505. The van der Waals surface area contributed by atoms with Gasteiger partial charge in [-0.05, 0) is 76.2 Å². The number of carbonyl (C=O) groups excluding carboxylic acids is 1. The number of fused-ring (bicyclic) bond motifs is 3. The van der Waals surface area contributed by atoms with Crippen molar-refractivity contribution in [2.75, 3.05) is 38.1 Å². The van der Waals surface area contributed by atoms with Crippen LogP contribution in [0.4, 0.5) is 5.69 Å². The first-order chi connectivity index (χ1) is 16.2. The summed E-state index contributed by atoms with van der Waals surface area (Å²) in [6, 6.07) is 15.2. The molecule has 5 nitrogen and oxygen atoms in total. The number of methoxy groups -OCH3 is 1. The lowest BCUT2D eigenvalue weighted by Gasteiger charge is -2.29. The normalized spacial score (nSPS) is 16.7. The van der Waals surface area contributed by atoms with Gasteiger partial charge in [-0.15, -0.1) is 0 Å². The number of benzene rings is 3. The van der Waals surface area contributed by atoms with Crippen LogP contribution in [0.5, 0.6) is 5.75 Å². The van der Waals surface area contributed by atoms with E-state index in [4.69, 9.17) is 26.2 Å². The second kappa shape index (κ2) is 7.91. The van der Waals surface area contributed by atoms with Gasteiger partial charge in [-0.25, -0.2) is 0 Å². The Hall–Kier alpha value is -3.02. The summed E-state index contributed by atoms with van der Waals surface area (Å²) < 4.78 is 26.8. The molecule has 0 spiro atoms. The molecule has 3 aromatic carbocycles. The van der Waals surface area contributed by atoms with Crippen LogP contribution in [0, 0.1) is 0 Å². The predicted octanol–water partition coefficient (Wildman–Crippen LogP) is 4.10. The number of amides is 1. The molecule has 1 aliphatic carbocycles. The average molecular weight is 437 g/mol. The zero-order chi connectivity index (χ0) is 24.0. The van der Waals surface area contributed by atoms with Gasteiger partial charge < -0.3 is 20.7 Å². The molecule has 1 fully saturated rings. The number of hydrogen-bond acceptors (Lipinski definition) is 4. The maximum atomic E-state index is 12.4. The number of piperazine rings is 1. The highest BCUT2D eigenvalue weighted by Gasteiger charge is 2.25. The first kappa shape index (κ1) is 16.6. The Kier molecular flexibility index (Phi) is 4.25. The van der Waals surface area contributed by atoms with Gasteiger partial charge in [-0.3, -0.25) is 4.79 Å². The molecule has 5 rings (SSSR count). The molecule has 0 radical (unpaired) electrons. The third-order valence-electron chi connectivity index (χ3n) is 6.12. The highest BCUT2D eigenvalue weighted by atomic mass is 35.5. The third kappa shape index (κ3) is 3.54. The van der Waals surface area contributed by atoms with Crippen LogP contribution in [-0.2, 0) is 6.42 Å². The zero-order valence-corrected chi connectivity index (χ0v) is 17.6. The van der Waals surface area contributed by atoms with Crippen LogP contribution in [0.15, 0.2) is 48.5 Å². The van der Waals surface area contributed by atoms with E-state index in [9.17, 15) is 4.79 Å². The topological polar surface area (TPSA) is 67.6 Å². The summed E-state index contributed by atoms with van der Waals surface area (Å²) in [7, 11) is -2.59. The van der Waals surface area contributed by atoms with E-state index < -0.39 is 12.9 Å². The molecular formula is C25H24ClN3O2. The van der Waals surface area contributed by atoms with Crippen molar-refractivity contribution in [2.45, 2.75) is 6.42 Å². The lowest BCUT2D eigenvalue weighted by Crippen LogP contribution is -2.43. The molecule has 1 aliphatic heterocycles. The molecule has 158 valence electrons. The number of carbonyl (C=O) groups is 1. The monoisotopic (exact) mass is 436 g/mol. The third-order valence-corrected chi connectivity index (χ3v) is 6.41. The summed E-state index contributed by atoms with van der Waals surface area (Å²) >= 11 is 6.30. The van der Waals surface area contributed by atoms with Crippen molar-refractivity contribution in [3.05, 3.63) is 70.2 Å². The van der Waals surface area contributed by atoms with Gasteiger partial charge in [0.25, 0.3) is 0 Å². The number of nitrogens with two attached hydrogens (primary N) is 1. The van der Waals surface area contributed by atoms with Crippen molar-refractivity contribution in [3.63, 3.8) is 0 Å². The fourth-order valence-corrected chi connectivity index (χ4v) is 4.77. The molecule has 2 aliphatic rings.